The zero-order valence-corrected chi connectivity index (χ0v) is 14.7. The van der Waals surface area contributed by atoms with Crippen LogP contribution < -0.4 is 5.32 Å². The summed E-state index contributed by atoms with van der Waals surface area (Å²) in [6.07, 6.45) is 0. The molecule has 2 aromatic carbocycles. The number of rotatable bonds is 3. The van der Waals surface area contributed by atoms with Gasteiger partial charge in [-0.1, -0.05) is 35.3 Å². The molecule has 0 aliphatic rings. The Morgan fingerprint density at radius 1 is 0.762 bits per heavy atom. The third-order valence-electron chi connectivity index (χ3n) is 3.97. The van der Waals surface area contributed by atoms with Crippen LogP contribution in [-0.4, -0.2) is 0 Å². The van der Waals surface area contributed by atoms with Crippen LogP contribution in [0.2, 0.25) is 10.0 Å². The second-order valence-corrected chi connectivity index (χ2v) is 6.55. The lowest BCUT2D eigenvalue weighted by Crippen LogP contribution is -2.09. The molecule has 0 heterocycles. The molecule has 21 heavy (non-hydrogen) atoms. The normalized spacial score (nSPS) is 12.3. The van der Waals surface area contributed by atoms with Gasteiger partial charge in [-0.2, -0.15) is 0 Å². The minimum Gasteiger partial charge on any atom is -0.377 e. The summed E-state index contributed by atoms with van der Waals surface area (Å²) in [5.41, 5.74) is 7.05. The fourth-order valence-corrected chi connectivity index (χ4v) is 2.95. The predicted octanol–water partition coefficient (Wildman–Crippen LogP) is 6.40. The zero-order chi connectivity index (χ0) is 15.7. The van der Waals surface area contributed by atoms with Crippen LogP contribution in [0.3, 0.4) is 0 Å². The number of anilines is 1. The Bertz CT molecular complexity index is 677. The van der Waals surface area contributed by atoms with E-state index in [4.69, 9.17) is 23.2 Å². The van der Waals surface area contributed by atoms with Gasteiger partial charge in [-0.3, -0.25) is 0 Å². The molecule has 0 amide bonds. The number of nitrogens with one attached hydrogen (secondary N) is 1. The van der Waals surface area contributed by atoms with Crippen LogP contribution >= 0.6 is 23.2 Å². The van der Waals surface area contributed by atoms with E-state index in [2.05, 4.69) is 45.1 Å². The maximum atomic E-state index is 6.31. The van der Waals surface area contributed by atoms with E-state index in [1.165, 1.54) is 22.3 Å². The van der Waals surface area contributed by atoms with Crippen LogP contribution in [0.25, 0.3) is 0 Å². The average molecular weight is 322 g/mol. The minimum atomic E-state index is 0.167. The summed E-state index contributed by atoms with van der Waals surface area (Å²) in [5, 5.41) is 4.89. The molecule has 0 radical (unpaired) electrons. The van der Waals surface area contributed by atoms with E-state index in [1.54, 1.807) is 0 Å². The first-order valence-electron chi connectivity index (χ1n) is 7.09. The van der Waals surface area contributed by atoms with Gasteiger partial charge >= 0.3 is 0 Å². The lowest BCUT2D eigenvalue weighted by atomic mass is 9.96. The molecule has 0 saturated heterocycles. The molecule has 0 bridgehead atoms. The van der Waals surface area contributed by atoms with Gasteiger partial charge in [0.15, 0.2) is 0 Å². The number of hydrogen-bond acceptors (Lipinski definition) is 1. The van der Waals surface area contributed by atoms with E-state index >= 15 is 0 Å². The highest BCUT2D eigenvalue weighted by atomic mass is 35.5. The van der Waals surface area contributed by atoms with E-state index in [1.807, 2.05) is 19.1 Å². The van der Waals surface area contributed by atoms with Crippen molar-refractivity contribution in [3.63, 3.8) is 0 Å². The Kier molecular flexibility index (Phi) is 4.85. The third-order valence-corrected chi connectivity index (χ3v) is 4.69. The summed E-state index contributed by atoms with van der Waals surface area (Å²) in [6.45, 7) is 10.5. The topological polar surface area (TPSA) is 12.0 Å². The molecule has 0 saturated carbocycles. The van der Waals surface area contributed by atoms with Crippen LogP contribution in [0.4, 0.5) is 5.69 Å². The summed E-state index contributed by atoms with van der Waals surface area (Å²) in [6, 6.07) is 8.43. The standard InChI is InChI=1S/C18H21Cl2N/c1-10-6-12(3)15(7-11(10)2)14(5)21-18-9-16(19)13(4)8-17(18)20/h6-9,14,21H,1-5H3. The van der Waals surface area contributed by atoms with Crippen molar-refractivity contribution in [2.45, 2.75) is 40.7 Å². The van der Waals surface area contributed by atoms with Gasteiger partial charge in [-0.25, -0.2) is 0 Å². The SMILES string of the molecule is Cc1cc(C)c(C(C)Nc2cc(Cl)c(C)cc2Cl)cc1C. The molecule has 0 aromatic heterocycles. The van der Waals surface area contributed by atoms with Crippen molar-refractivity contribution >= 4 is 28.9 Å². The van der Waals surface area contributed by atoms with Gasteiger partial charge in [-0.05, 0) is 74.6 Å². The van der Waals surface area contributed by atoms with Gasteiger partial charge in [0, 0.05) is 11.1 Å². The Balaban J connectivity index is 2.32. The quantitative estimate of drug-likeness (QED) is 0.689. The Morgan fingerprint density at radius 2 is 1.38 bits per heavy atom. The molecule has 112 valence electrons. The summed E-state index contributed by atoms with van der Waals surface area (Å²) in [4.78, 5) is 0. The van der Waals surface area contributed by atoms with Crippen LogP contribution in [0.5, 0.6) is 0 Å². The molecule has 1 atom stereocenters. The molecule has 1 unspecified atom stereocenters. The van der Waals surface area contributed by atoms with Gasteiger partial charge < -0.3 is 5.32 Å². The maximum Gasteiger partial charge on any atom is 0.0641 e. The first-order valence-corrected chi connectivity index (χ1v) is 7.85. The molecule has 1 nitrogen and oxygen atoms in total. The number of aryl methyl sites for hydroxylation is 4. The fourth-order valence-electron chi connectivity index (χ4n) is 2.52. The van der Waals surface area contributed by atoms with Crippen LogP contribution in [0.1, 0.15) is 40.8 Å². The molecular formula is C18H21Cl2N. The lowest BCUT2D eigenvalue weighted by molar-refractivity contribution is 0.870. The van der Waals surface area contributed by atoms with Crippen molar-refractivity contribution in [2.24, 2.45) is 0 Å². The monoisotopic (exact) mass is 321 g/mol. The maximum absolute atomic E-state index is 6.31. The van der Waals surface area contributed by atoms with Crippen LogP contribution in [0, 0.1) is 27.7 Å². The first kappa shape index (κ1) is 16.2. The smallest absolute Gasteiger partial charge is 0.0641 e. The molecule has 3 heteroatoms. The van der Waals surface area contributed by atoms with Crippen molar-refractivity contribution < 1.29 is 0 Å². The molecule has 1 N–H and O–H groups in total. The summed E-state index contributed by atoms with van der Waals surface area (Å²) < 4.78 is 0. The molecule has 0 spiro atoms. The number of halogens is 2. The Morgan fingerprint density at radius 3 is 2.05 bits per heavy atom. The van der Waals surface area contributed by atoms with E-state index in [-0.39, 0.29) is 6.04 Å². The van der Waals surface area contributed by atoms with E-state index in [0.29, 0.717) is 5.02 Å². The molecular weight excluding hydrogens is 301 g/mol. The zero-order valence-electron chi connectivity index (χ0n) is 13.1. The van der Waals surface area contributed by atoms with Crippen LogP contribution in [0.15, 0.2) is 24.3 Å². The third kappa shape index (κ3) is 3.53. The molecule has 2 rings (SSSR count). The first-order chi connectivity index (χ1) is 9.79. The summed E-state index contributed by atoms with van der Waals surface area (Å²) in [7, 11) is 0. The van der Waals surface area contributed by atoms with Gasteiger partial charge in [0.05, 0.1) is 10.7 Å². The van der Waals surface area contributed by atoms with Crippen molar-refractivity contribution in [3.05, 3.63) is 62.1 Å². The highest BCUT2D eigenvalue weighted by Crippen LogP contribution is 2.32. The van der Waals surface area contributed by atoms with Gasteiger partial charge in [0.1, 0.15) is 0 Å². The van der Waals surface area contributed by atoms with Gasteiger partial charge in [0.25, 0.3) is 0 Å². The van der Waals surface area contributed by atoms with Crippen molar-refractivity contribution in [1.29, 1.82) is 0 Å². The summed E-state index contributed by atoms with van der Waals surface area (Å²) >= 11 is 12.5. The Hall–Kier alpha value is -1.18. The summed E-state index contributed by atoms with van der Waals surface area (Å²) in [5.74, 6) is 0. The van der Waals surface area contributed by atoms with Crippen molar-refractivity contribution in [1.82, 2.24) is 0 Å². The van der Waals surface area contributed by atoms with Crippen molar-refractivity contribution in [2.75, 3.05) is 5.32 Å². The molecule has 2 aromatic rings. The number of hydrogen-bond donors (Lipinski definition) is 1. The van der Waals surface area contributed by atoms with E-state index in [9.17, 15) is 0 Å². The van der Waals surface area contributed by atoms with Gasteiger partial charge in [-0.15, -0.1) is 0 Å². The highest BCUT2D eigenvalue weighted by Gasteiger charge is 2.12. The number of benzene rings is 2. The second kappa shape index (κ2) is 6.29. The fraction of sp³-hybridized carbons (Fsp3) is 0.333. The largest absolute Gasteiger partial charge is 0.377 e. The van der Waals surface area contributed by atoms with Crippen LogP contribution in [-0.2, 0) is 0 Å². The lowest BCUT2D eigenvalue weighted by Gasteiger charge is -2.20. The minimum absolute atomic E-state index is 0.167. The average Bonchev–Trinajstić information content (AvgIpc) is 2.40. The Labute approximate surface area is 137 Å². The molecule has 0 aliphatic heterocycles. The predicted molar refractivity (Wildman–Crippen MR) is 93.9 cm³/mol. The second-order valence-electron chi connectivity index (χ2n) is 5.74. The van der Waals surface area contributed by atoms with Crippen molar-refractivity contribution in [3.8, 4) is 0 Å². The highest BCUT2D eigenvalue weighted by molar-refractivity contribution is 6.35. The van der Waals surface area contributed by atoms with E-state index in [0.717, 1.165) is 16.3 Å². The van der Waals surface area contributed by atoms with Gasteiger partial charge in [0.2, 0.25) is 0 Å². The molecule has 0 fully saturated rings. The van der Waals surface area contributed by atoms with E-state index < -0.39 is 0 Å². The molecule has 0 aliphatic carbocycles.